The summed E-state index contributed by atoms with van der Waals surface area (Å²) in [4.78, 5) is 9.45. The van der Waals surface area contributed by atoms with Crippen molar-refractivity contribution in [3.05, 3.63) is 35.9 Å². The molecule has 2 unspecified atom stereocenters. The molecule has 0 aromatic heterocycles. The first-order valence-electron chi connectivity index (χ1n) is 10.1. The van der Waals surface area contributed by atoms with E-state index in [9.17, 15) is 0 Å². The molecule has 2 atom stereocenters. The van der Waals surface area contributed by atoms with E-state index in [1.807, 2.05) is 7.05 Å². The standard InChI is InChI=1S/C21H35N5/c1-22-21(23-14-19-10-6-12-25(2)15-19)24-20-11-7-13-26(17-20)16-18-8-4-3-5-9-18/h3-5,8-9,19-20H,6-7,10-17H2,1-2H3,(H2,22,23,24). The molecule has 0 radical (unpaired) electrons. The second-order valence-electron chi connectivity index (χ2n) is 7.93. The molecule has 2 N–H and O–H groups in total. The Labute approximate surface area is 158 Å². The van der Waals surface area contributed by atoms with Crippen LogP contribution in [-0.4, -0.2) is 68.6 Å². The molecule has 144 valence electrons. The van der Waals surface area contributed by atoms with E-state index < -0.39 is 0 Å². The lowest BCUT2D eigenvalue weighted by molar-refractivity contribution is 0.191. The van der Waals surface area contributed by atoms with Gasteiger partial charge in [-0.2, -0.15) is 0 Å². The van der Waals surface area contributed by atoms with Crippen molar-refractivity contribution in [3.8, 4) is 0 Å². The third kappa shape index (κ3) is 5.99. The summed E-state index contributed by atoms with van der Waals surface area (Å²) in [5.74, 6) is 1.69. The number of benzene rings is 1. The van der Waals surface area contributed by atoms with E-state index in [4.69, 9.17) is 0 Å². The number of aliphatic imine (C=N–C) groups is 1. The van der Waals surface area contributed by atoms with Crippen LogP contribution in [0.1, 0.15) is 31.2 Å². The lowest BCUT2D eigenvalue weighted by atomic mass is 9.98. The van der Waals surface area contributed by atoms with E-state index in [1.165, 1.54) is 50.9 Å². The van der Waals surface area contributed by atoms with Crippen molar-refractivity contribution >= 4 is 5.96 Å². The molecule has 5 heteroatoms. The van der Waals surface area contributed by atoms with E-state index in [0.717, 1.165) is 31.5 Å². The number of piperidine rings is 2. The van der Waals surface area contributed by atoms with Gasteiger partial charge in [0.1, 0.15) is 0 Å². The topological polar surface area (TPSA) is 42.9 Å². The van der Waals surface area contributed by atoms with Crippen molar-refractivity contribution in [2.24, 2.45) is 10.9 Å². The smallest absolute Gasteiger partial charge is 0.191 e. The molecule has 0 saturated carbocycles. The minimum atomic E-state index is 0.479. The van der Waals surface area contributed by atoms with Gasteiger partial charge in [-0.3, -0.25) is 9.89 Å². The molecule has 2 heterocycles. The van der Waals surface area contributed by atoms with Gasteiger partial charge in [-0.1, -0.05) is 30.3 Å². The minimum Gasteiger partial charge on any atom is -0.356 e. The van der Waals surface area contributed by atoms with Crippen LogP contribution >= 0.6 is 0 Å². The maximum atomic E-state index is 4.46. The quantitative estimate of drug-likeness (QED) is 0.626. The van der Waals surface area contributed by atoms with E-state index in [2.05, 4.69) is 62.8 Å². The molecule has 2 aliphatic rings. The molecule has 0 spiro atoms. The van der Waals surface area contributed by atoms with Crippen LogP contribution in [0.5, 0.6) is 0 Å². The van der Waals surface area contributed by atoms with Gasteiger partial charge in [0, 0.05) is 39.3 Å². The SMILES string of the molecule is CN=C(NCC1CCCN(C)C1)NC1CCCN(Cc2ccccc2)C1. The largest absolute Gasteiger partial charge is 0.356 e. The van der Waals surface area contributed by atoms with Crippen molar-refractivity contribution in [1.82, 2.24) is 20.4 Å². The molecule has 2 saturated heterocycles. The fourth-order valence-corrected chi connectivity index (χ4v) is 4.23. The molecule has 0 amide bonds. The van der Waals surface area contributed by atoms with Crippen LogP contribution in [0.3, 0.4) is 0 Å². The van der Waals surface area contributed by atoms with Crippen molar-refractivity contribution in [1.29, 1.82) is 0 Å². The van der Waals surface area contributed by atoms with Gasteiger partial charge in [-0.05, 0) is 57.3 Å². The zero-order chi connectivity index (χ0) is 18.2. The molecule has 26 heavy (non-hydrogen) atoms. The molecule has 1 aromatic carbocycles. The average Bonchev–Trinajstić information content (AvgIpc) is 2.66. The Morgan fingerprint density at radius 1 is 1.12 bits per heavy atom. The van der Waals surface area contributed by atoms with Crippen LogP contribution in [0, 0.1) is 5.92 Å². The Bertz CT molecular complexity index is 559. The van der Waals surface area contributed by atoms with E-state index in [0.29, 0.717) is 6.04 Å². The summed E-state index contributed by atoms with van der Waals surface area (Å²) in [5, 5.41) is 7.22. The van der Waals surface area contributed by atoms with Gasteiger partial charge in [0.05, 0.1) is 0 Å². The lowest BCUT2D eigenvalue weighted by Gasteiger charge is -2.34. The highest BCUT2D eigenvalue weighted by Crippen LogP contribution is 2.15. The van der Waals surface area contributed by atoms with Gasteiger partial charge in [-0.25, -0.2) is 0 Å². The third-order valence-electron chi connectivity index (χ3n) is 5.60. The van der Waals surface area contributed by atoms with Crippen molar-refractivity contribution < 1.29 is 0 Å². The maximum absolute atomic E-state index is 4.46. The zero-order valence-electron chi connectivity index (χ0n) is 16.5. The fourth-order valence-electron chi connectivity index (χ4n) is 4.23. The van der Waals surface area contributed by atoms with Crippen LogP contribution < -0.4 is 10.6 Å². The summed E-state index contributed by atoms with van der Waals surface area (Å²) in [5.41, 5.74) is 1.40. The van der Waals surface area contributed by atoms with Crippen molar-refractivity contribution in [2.45, 2.75) is 38.3 Å². The monoisotopic (exact) mass is 357 g/mol. The molecule has 5 nitrogen and oxygen atoms in total. The van der Waals surface area contributed by atoms with E-state index in [1.54, 1.807) is 0 Å². The summed E-state index contributed by atoms with van der Waals surface area (Å²) < 4.78 is 0. The van der Waals surface area contributed by atoms with E-state index in [-0.39, 0.29) is 0 Å². The molecule has 2 fully saturated rings. The van der Waals surface area contributed by atoms with Gasteiger partial charge in [0.25, 0.3) is 0 Å². The second kappa shape index (κ2) is 9.93. The number of likely N-dealkylation sites (tertiary alicyclic amines) is 2. The van der Waals surface area contributed by atoms with Gasteiger partial charge >= 0.3 is 0 Å². The molecule has 0 bridgehead atoms. The van der Waals surface area contributed by atoms with Crippen LogP contribution in [-0.2, 0) is 6.54 Å². The van der Waals surface area contributed by atoms with Gasteiger partial charge in [0.15, 0.2) is 5.96 Å². The fraction of sp³-hybridized carbons (Fsp3) is 0.667. The first kappa shape index (κ1) is 19.2. The summed E-state index contributed by atoms with van der Waals surface area (Å²) >= 11 is 0. The highest BCUT2D eigenvalue weighted by molar-refractivity contribution is 5.80. The molecule has 2 aliphatic heterocycles. The number of guanidine groups is 1. The number of rotatable bonds is 5. The van der Waals surface area contributed by atoms with Crippen LogP contribution in [0.25, 0.3) is 0 Å². The van der Waals surface area contributed by atoms with Gasteiger partial charge in [-0.15, -0.1) is 0 Å². The molecular weight excluding hydrogens is 322 g/mol. The van der Waals surface area contributed by atoms with Crippen LogP contribution in [0.2, 0.25) is 0 Å². The van der Waals surface area contributed by atoms with Gasteiger partial charge in [0.2, 0.25) is 0 Å². The Kier molecular flexibility index (Phi) is 7.32. The predicted octanol–water partition coefficient (Wildman–Crippen LogP) is 2.16. The van der Waals surface area contributed by atoms with Crippen molar-refractivity contribution in [3.63, 3.8) is 0 Å². The second-order valence-corrected chi connectivity index (χ2v) is 7.93. The maximum Gasteiger partial charge on any atom is 0.191 e. The highest BCUT2D eigenvalue weighted by Gasteiger charge is 2.22. The number of hydrogen-bond donors (Lipinski definition) is 2. The average molecular weight is 358 g/mol. The molecule has 0 aliphatic carbocycles. The third-order valence-corrected chi connectivity index (χ3v) is 5.60. The molecule has 1 aromatic rings. The Balaban J connectivity index is 1.44. The molecular formula is C21H35N5. The van der Waals surface area contributed by atoms with Crippen LogP contribution in [0.4, 0.5) is 0 Å². The first-order chi connectivity index (χ1) is 12.7. The van der Waals surface area contributed by atoms with Crippen molar-refractivity contribution in [2.75, 3.05) is 46.8 Å². The Morgan fingerprint density at radius 2 is 1.92 bits per heavy atom. The number of nitrogens with one attached hydrogen (secondary N) is 2. The minimum absolute atomic E-state index is 0.479. The number of hydrogen-bond acceptors (Lipinski definition) is 3. The van der Waals surface area contributed by atoms with E-state index >= 15 is 0 Å². The Hall–Kier alpha value is -1.59. The van der Waals surface area contributed by atoms with Gasteiger partial charge < -0.3 is 15.5 Å². The summed E-state index contributed by atoms with van der Waals surface area (Å²) in [6.45, 7) is 6.76. The number of nitrogens with zero attached hydrogens (tertiary/aromatic N) is 3. The van der Waals surface area contributed by atoms with Crippen LogP contribution in [0.15, 0.2) is 35.3 Å². The first-order valence-corrected chi connectivity index (χ1v) is 10.1. The highest BCUT2D eigenvalue weighted by atomic mass is 15.2. The Morgan fingerprint density at radius 3 is 2.69 bits per heavy atom. The normalized spacial score (nSPS) is 25.8. The summed E-state index contributed by atoms with van der Waals surface area (Å²) in [6.07, 6.45) is 5.10. The summed E-state index contributed by atoms with van der Waals surface area (Å²) in [7, 11) is 4.11. The summed E-state index contributed by atoms with van der Waals surface area (Å²) in [6, 6.07) is 11.3. The molecule has 3 rings (SSSR count). The lowest BCUT2D eigenvalue weighted by Crippen LogP contribution is -2.52. The zero-order valence-corrected chi connectivity index (χ0v) is 16.5. The predicted molar refractivity (Wildman–Crippen MR) is 109 cm³/mol.